The fraction of sp³-hybridized carbons (Fsp3) is 0.846. The Bertz CT molecular complexity index is 477. The second-order valence-corrected chi connectivity index (χ2v) is 7.95. The van der Waals surface area contributed by atoms with Gasteiger partial charge in [-0.25, -0.2) is 13.2 Å². The van der Waals surface area contributed by atoms with Crippen LogP contribution >= 0.6 is 0 Å². The molecular weight excluding hydrogens is 296 g/mol. The van der Waals surface area contributed by atoms with Gasteiger partial charge in [-0.3, -0.25) is 4.79 Å². The minimum Gasteiger partial charge on any atom is -0.481 e. The number of carboxylic acids is 1. The molecule has 122 valence electrons. The maximum absolute atomic E-state index is 11.9. The standard InChI is InChI=1S/C13H24N2O5S/c1-10(3-4-12(16)17)5-7-14-13(18)15(2)11-6-8-21(19,20)9-11/h10-11H,3-9H2,1-2H3,(H,14,18)(H,16,17). The van der Waals surface area contributed by atoms with Crippen LogP contribution in [-0.4, -0.2) is 61.6 Å². The van der Waals surface area contributed by atoms with Crippen LogP contribution < -0.4 is 5.32 Å². The minimum absolute atomic E-state index is 0.0337. The molecule has 2 atom stereocenters. The molecule has 1 saturated heterocycles. The summed E-state index contributed by atoms with van der Waals surface area (Å²) in [5.74, 6) is -0.417. The molecule has 1 fully saturated rings. The van der Waals surface area contributed by atoms with Gasteiger partial charge in [-0.1, -0.05) is 6.92 Å². The van der Waals surface area contributed by atoms with Gasteiger partial charge in [0, 0.05) is 26.1 Å². The summed E-state index contributed by atoms with van der Waals surface area (Å²) in [6, 6.07) is -0.526. The third-order valence-corrected chi connectivity index (χ3v) is 5.59. The van der Waals surface area contributed by atoms with E-state index < -0.39 is 15.8 Å². The molecule has 21 heavy (non-hydrogen) atoms. The second-order valence-electron chi connectivity index (χ2n) is 5.73. The molecule has 2 amide bonds. The maximum Gasteiger partial charge on any atom is 0.317 e. The number of rotatable bonds is 7. The summed E-state index contributed by atoms with van der Waals surface area (Å²) < 4.78 is 22.8. The number of urea groups is 1. The van der Waals surface area contributed by atoms with E-state index in [9.17, 15) is 18.0 Å². The van der Waals surface area contributed by atoms with E-state index >= 15 is 0 Å². The van der Waals surface area contributed by atoms with Gasteiger partial charge in [-0.05, 0) is 25.2 Å². The Morgan fingerprint density at radius 2 is 2.05 bits per heavy atom. The molecule has 1 heterocycles. The number of carboxylic acid groups (broad SMARTS) is 1. The summed E-state index contributed by atoms with van der Waals surface area (Å²) in [5.41, 5.74) is 0. The summed E-state index contributed by atoms with van der Waals surface area (Å²) >= 11 is 0. The highest BCUT2D eigenvalue weighted by Crippen LogP contribution is 2.16. The molecule has 1 aliphatic rings. The monoisotopic (exact) mass is 320 g/mol. The van der Waals surface area contributed by atoms with Crippen molar-refractivity contribution < 1.29 is 23.1 Å². The average Bonchev–Trinajstić information content (AvgIpc) is 2.75. The molecule has 0 aromatic heterocycles. The quantitative estimate of drug-likeness (QED) is 0.719. The van der Waals surface area contributed by atoms with Gasteiger partial charge < -0.3 is 15.3 Å². The zero-order valence-electron chi connectivity index (χ0n) is 12.5. The SMILES string of the molecule is CC(CCNC(=O)N(C)C1CCS(=O)(=O)C1)CCC(=O)O. The Kier molecular flexibility index (Phi) is 6.44. The van der Waals surface area contributed by atoms with Crippen LogP contribution in [-0.2, 0) is 14.6 Å². The van der Waals surface area contributed by atoms with Crippen molar-refractivity contribution in [3.63, 3.8) is 0 Å². The fourth-order valence-corrected chi connectivity index (χ4v) is 4.09. The average molecular weight is 320 g/mol. The van der Waals surface area contributed by atoms with Gasteiger partial charge in [0.25, 0.3) is 0 Å². The predicted octanol–water partition coefficient (Wildman–Crippen LogP) is 0.706. The smallest absolute Gasteiger partial charge is 0.317 e. The lowest BCUT2D eigenvalue weighted by molar-refractivity contribution is -0.137. The number of carbonyl (C=O) groups excluding carboxylic acids is 1. The first kappa shape index (κ1) is 17.7. The van der Waals surface area contributed by atoms with Crippen molar-refractivity contribution >= 4 is 21.8 Å². The van der Waals surface area contributed by atoms with Crippen LogP contribution in [0.4, 0.5) is 4.79 Å². The van der Waals surface area contributed by atoms with Gasteiger partial charge in [-0.15, -0.1) is 0 Å². The Morgan fingerprint density at radius 3 is 2.57 bits per heavy atom. The van der Waals surface area contributed by atoms with Crippen molar-refractivity contribution in [2.45, 2.75) is 38.6 Å². The lowest BCUT2D eigenvalue weighted by Crippen LogP contribution is -2.44. The first-order valence-corrected chi connectivity index (χ1v) is 8.96. The Hall–Kier alpha value is -1.31. The predicted molar refractivity (Wildman–Crippen MR) is 78.9 cm³/mol. The molecule has 1 aliphatic heterocycles. The van der Waals surface area contributed by atoms with Crippen LogP contribution in [0.25, 0.3) is 0 Å². The number of aliphatic carboxylic acids is 1. The maximum atomic E-state index is 11.9. The molecule has 0 aromatic rings. The highest BCUT2D eigenvalue weighted by Gasteiger charge is 2.32. The largest absolute Gasteiger partial charge is 0.481 e. The summed E-state index contributed by atoms with van der Waals surface area (Å²) in [7, 11) is -1.39. The molecule has 0 aromatic carbocycles. The summed E-state index contributed by atoms with van der Waals surface area (Å²) in [4.78, 5) is 23.8. The number of hydrogen-bond acceptors (Lipinski definition) is 4. The molecule has 8 heteroatoms. The molecular formula is C13H24N2O5S. The Labute approximate surface area is 125 Å². The van der Waals surface area contributed by atoms with Crippen LogP contribution in [0, 0.1) is 5.92 Å². The number of nitrogens with zero attached hydrogens (tertiary/aromatic N) is 1. The van der Waals surface area contributed by atoms with E-state index in [4.69, 9.17) is 5.11 Å². The van der Waals surface area contributed by atoms with E-state index in [1.807, 2.05) is 6.92 Å². The van der Waals surface area contributed by atoms with Crippen LogP contribution in [0.1, 0.15) is 32.6 Å². The van der Waals surface area contributed by atoms with Gasteiger partial charge in [0.15, 0.2) is 9.84 Å². The first-order chi connectivity index (χ1) is 9.71. The molecule has 7 nitrogen and oxygen atoms in total. The molecule has 2 unspecified atom stereocenters. The number of sulfone groups is 1. The number of nitrogens with one attached hydrogen (secondary N) is 1. The van der Waals surface area contributed by atoms with E-state index in [1.165, 1.54) is 4.90 Å². The zero-order valence-corrected chi connectivity index (χ0v) is 13.4. The lowest BCUT2D eigenvalue weighted by Gasteiger charge is -2.24. The third-order valence-electron chi connectivity index (χ3n) is 3.84. The highest BCUT2D eigenvalue weighted by atomic mass is 32.2. The molecule has 0 aliphatic carbocycles. The van der Waals surface area contributed by atoms with Crippen molar-refractivity contribution in [2.24, 2.45) is 5.92 Å². The molecule has 2 N–H and O–H groups in total. The topological polar surface area (TPSA) is 104 Å². The molecule has 1 rings (SSSR count). The normalized spacial score (nSPS) is 21.7. The van der Waals surface area contributed by atoms with Crippen LogP contribution in [0.3, 0.4) is 0 Å². The van der Waals surface area contributed by atoms with Gasteiger partial charge >= 0.3 is 12.0 Å². The molecule has 0 bridgehead atoms. The van der Waals surface area contributed by atoms with E-state index in [0.29, 0.717) is 25.8 Å². The third kappa shape index (κ3) is 6.33. The van der Waals surface area contributed by atoms with E-state index in [2.05, 4.69) is 5.32 Å². The second kappa shape index (κ2) is 7.63. The lowest BCUT2D eigenvalue weighted by atomic mass is 10.0. The van der Waals surface area contributed by atoms with Crippen LogP contribution in [0.15, 0.2) is 0 Å². The summed E-state index contributed by atoms with van der Waals surface area (Å²) in [6.07, 6.45) is 1.91. The van der Waals surface area contributed by atoms with Crippen molar-refractivity contribution in [2.75, 3.05) is 25.1 Å². The van der Waals surface area contributed by atoms with Crippen LogP contribution in [0.5, 0.6) is 0 Å². The van der Waals surface area contributed by atoms with Crippen molar-refractivity contribution in [3.8, 4) is 0 Å². The number of hydrogen-bond donors (Lipinski definition) is 2. The van der Waals surface area contributed by atoms with Gasteiger partial charge in [0.05, 0.1) is 11.5 Å². The van der Waals surface area contributed by atoms with Crippen molar-refractivity contribution in [1.82, 2.24) is 10.2 Å². The Morgan fingerprint density at radius 1 is 1.38 bits per heavy atom. The summed E-state index contributed by atoms with van der Waals surface area (Å²) in [6.45, 7) is 2.41. The summed E-state index contributed by atoms with van der Waals surface area (Å²) in [5, 5.41) is 11.3. The van der Waals surface area contributed by atoms with Gasteiger partial charge in [-0.2, -0.15) is 0 Å². The van der Waals surface area contributed by atoms with Gasteiger partial charge in [0.1, 0.15) is 0 Å². The zero-order chi connectivity index (χ0) is 16.0. The molecule has 0 saturated carbocycles. The van der Waals surface area contributed by atoms with E-state index in [-0.39, 0.29) is 35.9 Å². The van der Waals surface area contributed by atoms with Crippen molar-refractivity contribution in [3.05, 3.63) is 0 Å². The van der Waals surface area contributed by atoms with E-state index in [0.717, 1.165) is 0 Å². The highest BCUT2D eigenvalue weighted by molar-refractivity contribution is 7.91. The molecule has 0 spiro atoms. The minimum atomic E-state index is -3.00. The van der Waals surface area contributed by atoms with Crippen LogP contribution in [0.2, 0.25) is 0 Å². The fourth-order valence-electron chi connectivity index (χ4n) is 2.31. The first-order valence-electron chi connectivity index (χ1n) is 7.14. The molecule has 0 radical (unpaired) electrons. The number of carbonyl (C=O) groups is 2. The van der Waals surface area contributed by atoms with Gasteiger partial charge in [0.2, 0.25) is 0 Å². The Balaban J connectivity index is 2.26. The van der Waals surface area contributed by atoms with E-state index in [1.54, 1.807) is 7.05 Å². The number of amides is 2. The van der Waals surface area contributed by atoms with Crippen molar-refractivity contribution in [1.29, 1.82) is 0 Å².